The number of allylic oxidation sites excluding steroid dienone is 1. The number of nitrogens with zero attached hydrogens (tertiary/aromatic N) is 1. The Kier molecular flexibility index (Phi) is 5.00. The molecule has 0 heterocycles. The molecule has 1 amide bonds. The van der Waals surface area contributed by atoms with Crippen LogP contribution in [0.3, 0.4) is 0 Å². The van der Waals surface area contributed by atoms with E-state index in [1.165, 1.54) is 4.90 Å². The quantitative estimate of drug-likeness (QED) is 0.557. The van der Waals surface area contributed by atoms with Gasteiger partial charge in [0.25, 0.3) is 0 Å². The molecule has 0 aromatic carbocycles. The highest BCUT2D eigenvalue weighted by Crippen LogP contribution is 2.71. The van der Waals surface area contributed by atoms with E-state index in [9.17, 15) is 24.9 Å². The van der Waals surface area contributed by atoms with E-state index in [1.807, 2.05) is 6.92 Å². The van der Waals surface area contributed by atoms with Crippen LogP contribution in [0.2, 0.25) is 0 Å². The van der Waals surface area contributed by atoms with Gasteiger partial charge in [-0.3, -0.25) is 4.79 Å². The average molecular weight is 460 g/mol. The van der Waals surface area contributed by atoms with Crippen molar-refractivity contribution in [3.8, 4) is 0 Å². The molecule has 5 aliphatic rings. The van der Waals surface area contributed by atoms with E-state index in [-0.39, 0.29) is 28.6 Å². The maximum Gasteiger partial charge on any atom is 0.410 e. The predicted molar refractivity (Wildman–Crippen MR) is 121 cm³/mol. The number of Topliss-reactive ketones (excluding diaryl/α,β-unsaturated/α-hetero) is 1. The summed E-state index contributed by atoms with van der Waals surface area (Å²) >= 11 is 0. The zero-order valence-electron chi connectivity index (χ0n) is 20.2. The van der Waals surface area contributed by atoms with Gasteiger partial charge >= 0.3 is 6.09 Å². The minimum absolute atomic E-state index is 0.0184. The second-order valence-electron chi connectivity index (χ2n) is 12.0. The number of rotatable bonds is 4. The van der Waals surface area contributed by atoms with Crippen LogP contribution in [-0.2, 0) is 9.53 Å². The molecule has 7 heteroatoms. The molecular weight excluding hydrogens is 422 g/mol. The van der Waals surface area contributed by atoms with E-state index < -0.39 is 41.8 Å². The fourth-order valence-electron chi connectivity index (χ4n) is 7.55. The van der Waals surface area contributed by atoms with Gasteiger partial charge in [0, 0.05) is 19.5 Å². The second-order valence-corrected chi connectivity index (χ2v) is 12.0. The van der Waals surface area contributed by atoms with Crippen LogP contribution in [0.5, 0.6) is 0 Å². The van der Waals surface area contributed by atoms with Crippen LogP contribution in [0.4, 0.5) is 4.79 Å². The fraction of sp³-hybridized carbons (Fsp3) is 0.769. The van der Waals surface area contributed by atoms with Gasteiger partial charge in [0.1, 0.15) is 6.10 Å². The normalized spacial score (nSPS) is 45.2. The summed E-state index contributed by atoms with van der Waals surface area (Å²) < 4.78 is 5.86. The van der Waals surface area contributed by atoms with E-state index in [2.05, 4.69) is 13.8 Å². The first-order chi connectivity index (χ1) is 15.4. The maximum atomic E-state index is 14.3. The highest BCUT2D eigenvalue weighted by atomic mass is 16.6. The highest BCUT2D eigenvalue weighted by molar-refractivity contribution is 5.95. The van der Waals surface area contributed by atoms with E-state index in [0.29, 0.717) is 24.0 Å². The van der Waals surface area contributed by atoms with Gasteiger partial charge in [-0.25, -0.2) is 4.79 Å². The molecule has 0 radical (unpaired) electrons. The Balaban J connectivity index is 1.59. The molecule has 7 nitrogen and oxygen atoms in total. The summed E-state index contributed by atoms with van der Waals surface area (Å²) in [6, 6.07) is 0. The number of amides is 1. The summed E-state index contributed by atoms with van der Waals surface area (Å²) in [6.07, 6.45) is 3.08. The Bertz CT molecular complexity index is 950. The number of hydrogen-bond donors (Lipinski definition) is 3. The first kappa shape index (κ1) is 23.1. The molecule has 0 saturated heterocycles. The molecule has 3 saturated carbocycles. The molecular formula is C26H37NO6. The van der Waals surface area contributed by atoms with Crippen LogP contribution < -0.4 is 0 Å². The fourth-order valence-corrected chi connectivity index (χ4v) is 7.55. The first-order valence-electron chi connectivity index (χ1n) is 12.3. The summed E-state index contributed by atoms with van der Waals surface area (Å²) in [4.78, 5) is 28.7. The Hall–Kier alpha value is -1.70. The van der Waals surface area contributed by atoms with Crippen LogP contribution >= 0.6 is 0 Å². The summed E-state index contributed by atoms with van der Waals surface area (Å²) in [7, 11) is 1.67. The van der Waals surface area contributed by atoms with Crippen LogP contribution in [0.1, 0.15) is 47.0 Å². The lowest BCUT2D eigenvalue weighted by atomic mass is 9.59. The average Bonchev–Trinajstić information content (AvgIpc) is 3.65. The van der Waals surface area contributed by atoms with Gasteiger partial charge in [0.05, 0.1) is 12.0 Å². The maximum absolute atomic E-state index is 14.3. The lowest BCUT2D eigenvalue weighted by molar-refractivity contribution is -0.191. The summed E-state index contributed by atoms with van der Waals surface area (Å²) in [5.74, 6) is -0.0133. The minimum Gasteiger partial charge on any atom is -0.438 e. The van der Waals surface area contributed by atoms with Gasteiger partial charge in [-0.15, -0.1) is 0 Å². The topological polar surface area (TPSA) is 107 Å². The highest BCUT2D eigenvalue weighted by Gasteiger charge is 2.76. The molecule has 5 rings (SSSR count). The third-order valence-electron chi connectivity index (χ3n) is 9.66. The third kappa shape index (κ3) is 2.91. The van der Waals surface area contributed by atoms with E-state index in [0.717, 1.165) is 19.3 Å². The number of carbonyl (C=O) groups excluding carboxylic acids is 2. The SMILES string of the molecule is CC1=C[C@]23C(=O)[C@@H](C=C(CO)[C@@H](O)[C@]2(O)[C@H]1OC(=O)N(C)CC1CC1)[C@H]1[C@@H](C[C@H]3C)C1(C)C. The largest absolute Gasteiger partial charge is 0.438 e. The Morgan fingerprint density at radius 2 is 1.97 bits per heavy atom. The number of fused-ring (bicyclic) bond motifs is 3. The molecule has 3 fully saturated rings. The molecule has 0 unspecified atom stereocenters. The molecule has 33 heavy (non-hydrogen) atoms. The molecule has 2 bridgehead atoms. The molecule has 182 valence electrons. The molecule has 3 N–H and O–H groups in total. The molecule has 5 aliphatic carbocycles. The Labute approximate surface area is 195 Å². The van der Waals surface area contributed by atoms with Crippen molar-refractivity contribution in [1.82, 2.24) is 4.90 Å². The number of ketones is 1. The molecule has 0 aliphatic heterocycles. The van der Waals surface area contributed by atoms with Gasteiger partial charge in [-0.2, -0.15) is 0 Å². The Morgan fingerprint density at radius 1 is 1.30 bits per heavy atom. The standard InChI is InChI=1S/C26H37NO6/c1-13-10-25-14(2)8-18-19(24(18,3)4)17(21(25)30)9-16(12-28)20(29)26(25,32)22(13)33-23(31)27(5)11-15-6-7-15/h9-10,14-15,17-20,22,28-29,32H,6-8,11-12H2,1-5H3/t14-,17+,18-,19+,20-,22+,25+,26+/m1/s1. The number of aliphatic hydroxyl groups excluding tert-OH is 2. The van der Waals surface area contributed by atoms with Crippen molar-refractivity contribution < 1.29 is 29.6 Å². The van der Waals surface area contributed by atoms with Crippen molar-refractivity contribution in [2.75, 3.05) is 20.2 Å². The zero-order valence-corrected chi connectivity index (χ0v) is 20.2. The number of hydrogen-bond acceptors (Lipinski definition) is 6. The van der Waals surface area contributed by atoms with Gasteiger partial charge < -0.3 is 25.0 Å². The van der Waals surface area contributed by atoms with Gasteiger partial charge in [-0.05, 0) is 66.4 Å². The van der Waals surface area contributed by atoms with Crippen LogP contribution in [-0.4, -0.2) is 70.1 Å². The second kappa shape index (κ2) is 7.15. The van der Waals surface area contributed by atoms with Crippen molar-refractivity contribution in [1.29, 1.82) is 0 Å². The lowest BCUT2D eigenvalue weighted by Gasteiger charge is -2.48. The van der Waals surface area contributed by atoms with Crippen LogP contribution in [0.25, 0.3) is 0 Å². The van der Waals surface area contributed by atoms with Gasteiger partial charge in [-0.1, -0.05) is 32.9 Å². The van der Waals surface area contributed by atoms with E-state index >= 15 is 0 Å². The van der Waals surface area contributed by atoms with Crippen molar-refractivity contribution in [3.05, 3.63) is 23.3 Å². The van der Waals surface area contributed by atoms with Crippen molar-refractivity contribution >= 4 is 11.9 Å². The number of ether oxygens (including phenoxy) is 1. The van der Waals surface area contributed by atoms with E-state index in [4.69, 9.17) is 4.74 Å². The molecule has 1 spiro atoms. The van der Waals surface area contributed by atoms with E-state index in [1.54, 1.807) is 26.1 Å². The number of aliphatic hydroxyl groups is 3. The first-order valence-corrected chi connectivity index (χ1v) is 12.3. The zero-order chi connectivity index (χ0) is 24.1. The lowest BCUT2D eigenvalue weighted by Crippen LogP contribution is -2.66. The number of carbonyl (C=O) groups is 2. The minimum atomic E-state index is -2.08. The third-order valence-corrected chi connectivity index (χ3v) is 9.66. The van der Waals surface area contributed by atoms with Gasteiger partial charge in [0.2, 0.25) is 0 Å². The summed E-state index contributed by atoms with van der Waals surface area (Å²) in [5, 5.41) is 34.0. The smallest absolute Gasteiger partial charge is 0.410 e. The monoisotopic (exact) mass is 459 g/mol. The molecule has 8 atom stereocenters. The summed E-state index contributed by atoms with van der Waals surface area (Å²) in [5.41, 5.74) is -2.69. The van der Waals surface area contributed by atoms with Crippen LogP contribution in [0.15, 0.2) is 23.3 Å². The van der Waals surface area contributed by atoms with Crippen molar-refractivity contribution in [2.24, 2.45) is 40.4 Å². The van der Waals surface area contributed by atoms with Crippen molar-refractivity contribution in [2.45, 2.75) is 64.8 Å². The predicted octanol–water partition coefficient (Wildman–Crippen LogP) is 2.30. The molecule has 0 aromatic heterocycles. The van der Waals surface area contributed by atoms with Gasteiger partial charge in [0.15, 0.2) is 17.5 Å². The Morgan fingerprint density at radius 3 is 2.58 bits per heavy atom. The molecule has 0 aromatic rings. The van der Waals surface area contributed by atoms with Crippen LogP contribution in [0, 0.1) is 40.4 Å². The van der Waals surface area contributed by atoms with Crippen molar-refractivity contribution in [3.63, 3.8) is 0 Å². The summed E-state index contributed by atoms with van der Waals surface area (Å²) in [6.45, 7) is 8.14.